The van der Waals surface area contributed by atoms with Crippen molar-refractivity contribution in [3.63, 3.8) is 0 Å². The van der Waals surface area contributed by atoms with Crippen molar-refractivity contribution in [2.45, 2.75) is 6.42 Å². The van der Waals surface area contributed by atoms with E-state index in [9.17, 15) is 5.11 Å². The molecule has 0 spiro atoms. The lowest BCUT2D eigenvalue weighted by atomic mass is 10.1. The molecule has 3 heteroatoms. The van der Waals surface area contributed by atoms with Crippen molar-refractivity contribution in [1.82, 2.24) is 0 Å². The lowest BCUT2D eigenvalue weighted by Crippen LogP contribution is -1.86. The molecule has 0 aliphatic carbocycles. The van der Waals surface area contributed by atoms with Gasteiger partial charge in [-0.05, 0) is 41.8 Å². The van der Waals surface area contributed by atoms with E-state index in [1.165, 1.54) is 12.7 Å². The highest BCUT2D eigenvalue weighted by atomic mass is 16.5. The first kappa shape index (κ1) is 13.0. The Kier molecular flexibility index (Phi) is 4.08. The molecule has 19 heavy (non-hydrogen) atoms. The van der Waals surface area contributed by atoms with E-state index >= 15 is 0 Å². The summed E-state index contributed by atoms with van der Waals surface area (Å²) in [6.07, 6.45) is 4.90. The van der Waals surface area contributed by atoms with Gasteiger partial charge in [0.25, 0.3) is 0 Å². The quantitative estimate of drug-likeness (QED) is 0.825. The Hall–Kier alpha value is -2.42. The lowest BCUT2D eigenvalue weighted by Gasteiger charge is -2.03. The Morgan fingerprint density at radius 3 is 2.58 bits per heavy atom. The third-order valence-electron chi connectivity index (χ3n) is 2.85. The van der Waals surface area contributed by atoms with E-state index in [0.717, 1.165) is 17.7 Å². The maximum atomic E-state index is 9.50. The molecule has 3 nitrogen and oxygen atoms in total. The van der Waals surface area contributed by atoms with Gasteiger partial charge in [-0.1, -0.05) is 30.4 Å². The number of nitrogen functional groups attached to an aromatic ring is 1. The van der Waals surface area contributed by atoms with E-state index in [1.807, 2.05) is 36.4 Å². The van der Waals surface area contributed by atoms with E-state index in [0.29, 0.717) is 5.75 Å². The standard InChI is InChI=1S/C16H17NO2/c1-19-16-11-13(7-10-15(16)18)4-2-3-12-5-8-14(17)9-6-12/h2,4-11,18H,3,17H2,1H3/b4-2+. The summed E-state index contributed by atoms with van der Waals surface area (Å²) in [4.78, 5) is 0. The molecular weight excluding hydrogens is 238 g/mol. The maximum absolute atomic E-state index is 9.50. The maximum Gasteiger partial charge on any atom is 0.161 e. The number of allylic oxidation sites excluding steroid dienone is 1. The summed E-state index contributed by atoms with van der Waals surface area (Å²) in [6.45, 7) is 0. The second-order valence-electron chi connectivity index (χ2n) is 4.28. The van der Waals surface area contributed by atoms with Gasteiger partial charge in [0.2, 0.25) is 0 Å². The number of hydrogen-bond acceptors (Lipinski definition) is 3. The molecule has 0 fully saturated rings. The molecule has 0 atom stereocenters. The van der Waals surface area contributed by atoms with E-state index in [1.54, 1.807) is 12.1 Å². The van der Waals surface area contributed by atoms with Gasteiger partial charge in [-0.25, -0.2) is 0 Å². The zero-order valence-electron chi connectivity index (χ0n) is 10.8. The van der Waals surface area contributed by atoms with Crippen LogP contribution in [0.4, 0.5) is 5.69 Å². The molecule has 0 saturated carbocycles. The largest absolute Gasteiger partial charge is 0.504 e. The zero-order chi connectivity index (χ0) is 13.7. The Bertz CT molecular complexity index is 574. The van der Waals surface area contributed by atoms with Gasteiger partial charge in [0.15, 0.2) is 11.5 Å². The molecule has 2 aromatic carbocycles. The third kappa shape index (κ3) is 3.52. The average Bonchev–Trinajstić information content (AvgIpc) is 2.43. The fourth-order valence-electron chi connectivity index (χ4n) is 1.78. The number of ether oxygens (including phenoxy) is 1. The van der Waals surface area contributed by atoms with E-state index in [4.69, 9.17) is 10.5 Å². The highest BCUT2D eigenvalue weighted by Crippen LogP contribution is 2.26. The Morgan fingerprint density at radius 2 is 1.89 bits per heavy atom. The first-order valence-corrected chi connectivity index (χ1v) is 6.07. The minimum absolute atomic E-state index is 0.151. The number of nitrogens with two attached hydrogens (primary N) is 1. The Morgan fingerprint density at radius 1 is 1.16 bits per heavy atom. The van der Waals surface area contributed by atoms with Gasteiger partial charge < -0.3 is 15.6 Å². The number of methoxy groups -OCH3 is 1. The van der Waals surface area contributed by atoms with Gasteiger partial charge in [0.05, 0.1) is 7.11 Å². The van der Waals surface area contributed by atoms with Gasteiger partial charge in [-0.3, -0.25) is 0 Å². The van der Waals surface area contributed by atoms with Crippen molar-refractivity contribution in [2.24, 2.45) is 0 Å². The molecule has 0 radical (unpaired) electrons. The first-order valence-electron chi connectivity index (χ1n) is 6.07. The van der Waals surface area contributed by atoms with Crippen molar-refractivity contribution < 1.29 is 9.84 Å². The molecule has 0 saturated heterocycles. The molecule has 2 aromatic rings. The van der Waals surface area contributed by atoms with Crippen LogP contribution in [0.3, 0.4) is 0 Å². The van der Waals surface area contributed by atoms with Crippen LogP contribution in [0.2, 0.25) is 0 Å². The number of benzene rings is 2. The lowest BCUT2D eigenvalue weighted by molar-refractivity contribution is 0.373. The van der Waals surface area contributed by atoms with Crippen LogP contribution in [0.15, 0.2) is 48.5 Å². The summed E-state index contributed by atoms with van der Waals surface area (Å²) >= 11 is 0. The molecule has 3 N–H and O–H groups in total. The number of hydrogen-bond donors (Lipinski definition) is 2. The Labute approximate surface area is 113 Å². The SMILES string of the molecule is COc1cc(/C=C/Cc2ccc(N)cc2)ccc1O. The Balaban J connectivity index is 2.04. The van der Waals surface area contributed by atoms with E-state index in [2.05, 4.69) is 6.08 Å². The number of phenolic OH excluding ortho intramolecular Hbond substituents is 1. The topological polar surface area (TPSA) is 55.5 Å². The summed E-state index contributed by atoms with van der Waals surface area (Å²) in [5.74, 6) is 0.632. The van der Waals surface area contributed by atoms with Gasteiger partial charge in [0, 0.05) is 5.69 Å². The highest BCUT2D eigenvalue weighted by molar-refractivity contribution is 5.55. The summed E-state index contributed by atoms with van der Waals surface area (Å²) in [5.41, 5.74) is 8.61. The van der Waals surface area contributed by atoms with Gasteiger partial charge in [0.1, 0.15) is 0 Å². The van der Waals surface area contributed by atoms with Crippen molar-refractivity contribution in [3.8, 4) is 11.5 Å². The smallest absolute Gasteiger partial charge is 0.161 e. The minimum Gasteiger partial charge on any atom is -0.504 e. The van der Waals surface area contributed by atoms with Crippen molar-refractivity contribution in [1.29, 1.82) is 0 Å². The number of aromatic hydroxyl groups is 1. The summed E-state index contributed by atoms with van der Waals surface area (Å²) < 4.78 is 5.07. The third-order valence-corrected chi connectivity index (χ3v) is 2.85. The van der Waals surface area contributed by atoms with Gasteiger partial charge in [-0.15, -0.1) is 0 Å². The van der Waals surface area contributed by atoms with Crippen molar-refractivity contribution >= 4 is 11.8 Å². The second kappa shape index (κ2) is 5.96. The second-order valence-corrected chi connectivity index (χ2v) is 4.28. The normalized spacial score (nSPS) is 10.8. The van der Waals surface area contributed by atoms with E-state index < -0.39 is 0 Å². The average molecular weight is 255 g/mol. The molecule has 0 aliphatic rings. The van der Waals surface area contributed by atoms with E-state index in [-0.39, 0.29) is 5.75 Å². The zero-order valence-corrected chi connectivity index (χ0v) is 10.8. The van der Waals surface area contributed by atoms with Crippen LogP contribution in [0, 0.1) is 0 Å². The molecule has 0 amide bonds. The van der Waals surface area contributed by atoms with Crippen LogP contribution in [0.1, 0.15) is 11.1 Å². The number of rotatable bonds is 4. The van der Waals surface area contributed by atoms with Crippen LogP contribution < -0.4 is 10.5 Å². The molecule has 0 aliphatic heterocycles. The number of phenols is 1. The van der Waals surface area contributed by atoms with Crippen molar-refractivity contribution in [3.05, 3.63) is 59.7 Å². The molecule has 0 heterocycles. The number of anilines is 1. The van der Waals surface area contributed by atoms with Crippen LogP contribution in [-0.4, -0.2) is 12.2 Å². The van der Waals surface area contributed by atoms with Crippen LogP contribution in [-0.2, 0) is 6.42 Å². The first-order chi connectivity index (χ1) is 9.19. The predicted octanol–water partition coefficient (Wildman–Crippen LogP) is 3.24. The minimum atomic E-state index is 0.151. The summed E-state index contributed by atoms with van der Waals surface area (Å²) in [5, 5.41) is 9.50. The van der Waals surface area contributed by atoms with Crippen LogP contribution in [0.5, 0.6) is 11.5 Å². The molecule has 0 unspecified atom stereocenters. The van der Waals surface area contributed by atoms with Gasteiger partial charge in [-0.2, -0.15) is 0 Å². The molecular formula is C16H17NO2. The molecule has 0 bridgehead atoms. The van der Waals surface area contributed by atoms with Crippen LogP contribution >= 0.6 is 0 Å². The fraction of sp³-hybridized carbons (Fsp3) is 0.125. The molecule has 2 rings (SSSR count). The summed E-state index contributed by atoms with van der Waals surface area (Å²) in [7, 11) is 1.54. The predicted molar refractivity (Wildman–Crippen MR) is 78.3 cm³/mol. The van der Waals surface area contributed by atoms with Gasteiger partial charge >= 0.3 is 0 Å². The van der Waals surface area contributed by atoms with Crippen molar-refractivity contribution in [2.75, 3.05) is 12.8 Å². The molecule has 0 aromatic heterocycles. The fourth-order valence-corrected chi connectivity index (χ4v) is 1.78. The summed E-state index contributed by atoms with van der Waals surface area (Å²) in [6, 6.07) is 13.1. The highest BCUT2D eigenvalue weighted by Gasteiger charge is 2.00. The molecule has 98 valence electrons. The monoisotopic (exact) mass is 255 g/mol. The van der Waals surface area contributed by atoms with Crippen LogP contribution in [0.25, 0.3) is 6.08 Å².